The molecule has 6 heteroatoms. The number of nitrogens with zero attached hydrogens (tertiary/aromatic N) is 4. The molecule has 1 saturated heterocycles. The molecule has 0 spiro atoms. The zero-order valence-electron chi connectivity index (χ0n) is 12.4. The number of amidine groups is 1. The minimum absolute atomic E-state index is 0.123. The van der Waals surface area contributed by atoms with Crippen LogP contribution in [-0.2, 0) is 0 Å². The quantitative estimate of drug-likeness (QED) is 0.373. The van der Waals surface area contributed by atoms with Crippen molar-refractivity contribution in [2.45, 2.75) is 26.3 Å². The number of piperazine rings is 1. The van der Waals surface area contributed by atoms with Gasteiger partial charge < -0.3 is 15.8 Å². The highest BCUT2D eigenvalue weighted by atomic mass is 16.4. The molecule has 1 aliphatic heterocycles. The van der Waals surface area contributed by atoms with Crippen molar-refractivity contribution in [2.24, 2.45) is 10.9 Å². The summed E-state index contributed by atoms with van der Waals surface area (Å²) >= 11 is 0. The Bertz CT molecular complexity index is 502. The van der Waals surface area contributed by atoms with Gasteiger partial charge in [0, 0.05) is 36.9 Å². The SMILES string of the molecule is CCC1CN(c2cc(/C(N)=N/O)cc(C)n2)CCN1C. The van der Waals surface area contributed by atoms with Crippen LogP contribution < -0.4 is 10.6 Å². The Kier molecular flexibility index (Phi) is 4.44. The van der Waals surface area contributed by atoms with E-state index in [9.17, 15) is 0 Å². The summed E-state index contributed by atoms with van der Waals surface area (Å²) in [5.41, 5.74) is 7.26. The predicted octanol–water partition coefficient (Wildman–Crippen LogP) is 1.01. The molecule has 0 radical (unpaired) electrons. The lowest BCUT2D eigenvalue weighted by molar-refractivity contribution is 0.213. The van der Waals surface area contributed by atoms with Crippen molar-refractivity contribution in [3.63, 3.8) is 0 Å². The van der Waals surface area contributed by atoms with Gasteiger partial charge >= 0.3 is 0 Å². The average molecular weight is 277 g/mol. The maximum Gasteiger partial charge on any atom is 0.170 e. The fourth-order valence-electron chi connectivity index (χ4n) is 2.61. The van der Waals surface area contributed by atoms with Crippen LogP contribution in [0.3, 0.4) is 0 Å². The molecule has 6 nitrogen and oxygen atoms in total. The first-order chi connectivity index (χ1) is 9.55. The Morgan fingerprint density at radius 3 is 2.90 bits per heavy atom. The fourth-order valence-corrected chi connectivity index (χ4v) is 2.61. The standard InChI is InChI=1S/C14H23N5O/c1-4-12-9-19(6-5-18(12)3)13-8-11(14(15)17-20)7-10(2)16-13/h7-8,12,20H,4-6,9H2,1-3H3,(H2,15,17). The molecule has 110 valence electrons. The fraction of sp³-hybridized carbons (Fsp3) is 0.571. The van der Waals surface area contributed by atoms with Gasteiger partial charge in [-0.15, -0.1) is 0 Å². The van der Waals surface area contributed by atoms with Gasteiger partial charge in [-0.3, -0.25) is 4.90 Å². The number of aromatic nitrogens is 1. The number of anilines is 1. The number of aryl methyl sites for hydroxylation is 1. The highest BCUT2D eigenvalue weighted by Crippen LogP contribution is 2.20. The second kappa shape index (κ2) is 6.09. The van der Waals surface area contributed by atoms with Crippen LogP contribution >= 0.6 is 0 Å². The van der Waals surface area contributed by atoms with Crippen LogP contribution in [0.15, 0.2) is 17.3 Å². The largest absolute Gasteiger partial charge is 0.409 e. The van der Waals surface area contributed by atoms with Crippen molar-refractivity contribution in [1.82, 2.24) is 9.88 Å². The van der Waals surface area contributed by atoms with Crippen molar-refractivity contribution in [1.29, 1.82) is 0 Å². The first-order valence-corrected chi connectivity index (χ1v) is 6.97. The lowest BCUT2D eigenvalue weighted by Crippen LogP contribution is -2.51. The first kappa shape index (κ1) is 14.6. The first-order valence-electron chi connectivity index (χ1n) is 6.97. The molecule has 2 rings (SSSR count). The topological polar surface area (TPSA) is 78.0 Å². The zero-order chi connectivity index (χ0) is 14.7. The average Bonchev–Trinajstić information content (AvgIpc) is 2.46. The molecule has 3 N–H and O–H groups in total. The molecule has 0 aromatic carbocycles. The maximum absolute atomic E-state index is 8.82. The molecule has 0 saturated carbocycles. The van der Waals surface area contributed by atoms with E-state index in [1.54, 1.807) is 0 Å². The van der Waals surface area contributed by atoms with Crippen LogP contribution in [0.2, 0.25) is 0 Å². The van der Waals surface area contributed by atoms with Gasteiger partial charge in [0.1, 0.15) is 5.82 Å². The Morgan fingerprint density at radius 1 is 1.50 bits per heavy atom. The minimum Gasteiger partial charge on any atom is -0.409 e. The molecule has 1 aromatic rings. The Hall–Kier alpha value is -1.82. The predicted molar refractivity (Wildman–Crippen MR) is 80.4 cm³/mol. The van der Waals surface area contributed by atoms with Gasteiger partial charge in [0.25, 0.3) is 0 Å². The molecule has 0 amide bonds. The summed E-state index contributed by atoms with van der Waals surface area (Å²) in [5, 5.41) is 11.9. The summed E-state index contributed by atoms with van der Waals surface area (Å²) in [6, 6.07) is 4.25. The van der Waals surface area contributed by atoms with Crippen LogP contribution in [0, 0.1) is 6.92 Å². The number of hydrogen-bond acceptors (Lipinski definition) is 5. The second-order valence-electron chi connectivity index (χ2n) is 5.33. The number of rotatable bonds is 3. The van der Waals surface area contributed by atoms with E-state index >= 15 is 0 Å². The molecule has 0 bridgehead atoms. The van der Waals surface area contributed by atoms with Crippen LogP contribution in [0.25, 0.3) is 0 Å². The van der Waals surface area contributed by atoms with E-state index in [0.717, 1.165) is 37.6 Å². The molecular weight excluding hydrogens is 254 g/mol. The van der Waals surface area contributed by atoms with Crippen LogP contribution in [0.1, 0.15) is 24.6 Å². The van der Waals surface area contributed by atoms with E-state index in [2.05, 4.69) is 33.9 Å². The highest BCUT2D eigenvalue weighted by molar-refractivity contribution is 5.97. The van der Waals surface area contributed by atoms with Crippen molar-refractivity contribution in [3.8, 4) is 0 Å². The van der Waals surface area contributed by atoms with Gasteiger partial charge in [0.2, 0.25) is 0 Å². The Balaban J connectivity index is 2.26. The van der Waals surface area contributed by atoms with Crippen LogP contribution in [0.4, 0.5) is 5.82 Å². The third-order valence-electron chi connectivity index (χ3n) is 3.92. The monoisotopic (exact) mass is 277 g/mol. The number of likely N-dealkylation sites (N-methyl/N-ethyl adjacent to an activating group) is 1. The summed E-state index contributed by atoms with van der Waals surface area (Å²) in [6.45, 7) is 7.05. The normalized spacial score (nSPS) is 21.2. The number of hydrogen-bond donors (Lipinski definition) is 2. The highest BCUT2D eigenvalue weighted by Gasteiger charge is 2.24. The molecule has 1 aliphatic rings. The molecule has 2 heterocycles. The van der Waals surface area contributed by atoms with Crippen molar-refractivity contribution >= 4 is 11.7 Å². The molecule has 0 aliphatic carbocycles. The lowest BCUT2D eigenvalue weighted by Gasteiger charge is -2.39. The van der Waals surface area contributed by atoms with E-state index in [0.29, 0.717) is 11.6 Å². The summed E-state index contributed by atoms with van der Waals surface area (Å²) in [7, 11) is 2.16. The lowest BCUT2D eigenvalue weighted by atomic mass is 10.1. The summed E-state index contributed by atoms with van der Waals surface area (Å²) < 4.78 is 0. The molecule has 1 aromatic heterocycles. The van der Waals surface area contributed by atoms with Crippen LogP contribution in [0.5, 0.6) is 0 Å². The van der Waals surface area contributed by atoms with Crippen molar-refractivity contribution in [2.75, 3.05) is 31.6 Å². The van der Waals surface area contributed by atoms with Crippen molar-refractivity contribution < 1.29 is 5.21 Å². The summed E-state index contributed by atoms with van der Waals surface area (Å²) in [6.07, 6.45) is 1.12. The van der Waals surface area contributed by atoms with E-state index in [1.165, 1.54) is 0 Å². The maximum atomic E-state index is 8.82. The summed E-state index contributed by atoms with van der Waals surface area (Å²) in [4.78, 5) is 9.24. The van der Waals surface area contributed by atoms with Gasteiger partial charge in [-0.1, -0.05) is 12.1 Å². The second-order valence-corrected chi connectivity index (χ2v) is 5.33. The smallest absolute Gasteiger partial charge is 0.170 e. The van der Waals surface area contributed by atoms with E-state index in [1.807, 2.05) is 19.1 Å². The zero-order valence-corrected chi connectivity index (χ0v) is 12.4. The van der Waals surface area contributed by atoms with Gasteiger partial charge in [-0.25, -0.2) is 4.98 Å². The minimum atomic E-state index is 0.123. The number of nitrogens with two attached hydrogens (primary N) is 1. The van der Waals surface area contributed by atoms with E-state index in [-0.39, 0.29) is 5.84 Å². The van der Waals surface area contributed by atoms with E-state index in [4.69, 9.17) is 10.9 Å². The molecule has 20 heavy (non-hydrogen) atoms. The number of oxime groups is 1. The third kappa shape index (κ3) is 3.01. The molecular formula is C14H23N5O. The van der Waals surface area contributed by atoms with Gasteiger partial charge in [0.15, 0.2) is 5.84 Å². The van der Waals surface area contributed by atoms with Gasteiger partial charge in [0.05, 0.1) is 0 Å². The number of pyridine rings is 1. The molecule has 1 fully saturated rings. The summed E-state index contributed by atoms with van der Waals surface area (Å²) in [5.74, 6) is 1.02. The van der Waals surface area contributed by atoms with Gasteiger partial charge in [-0.2, -0.15) is 0 Å². The molecule has 1 atom stereocenters. The van der Waals surface area contributed by atoms with Crippen LogP contribution in [-0.4, -0.2) is 53.7 Å². The van der Waals surface area contributed by atoms with E-state index < -0.39 is 0 Å². The Labute approximate surface area is 119 Å². The van der Waals surface area contributed by atoms with Crippen molar-refractivity contribution in [3.05, 3.63) is 23.4 Å². The van der Waals surface area contributed by atoms with Gasteiger partial charge in [-0.05, 0) is 32.5 Å². The third-order valence-corrected chi connectivity index (χ3v) is 3.92. The Morgan fingerprint density at radius 2 is 2.25 bits per heavy atom. The molecule has 1 unspecified atom stereocenters.